The molecule has 128 valence electrons. The Labute approximate surface area is 138 Å². The summed E-state index contributed by atoms with van der Waals surface area (Å²) < 4.78 is 40.7. The molecule has 1 aromatic heterocycles. The van der Waals surface area contributed by atoms with Crippen molar-refractivity contribution in [3.8, 4) is 5.75 Å². The lowest BCUT2D eigenvalue weighted by Gasteiger charge is -2.08. The summed E-state index contributed by atoms with van der Waals surface area (Å²) >= 11 is 0. The fraction of sp³-hybridized carbons (Fsp3) is 0.200. The zero-order valence-corrected chi connectivity index (χ0v) is 13.8. The van der Waals surface area contributed by atoms with Crippen LogP contribution in [0.25, 0.3) is 0 Å². The highest BCUT2D eigenvalue weighted by Crippen LogP contribution is 2.18. The average Bonchev–Trinajstić information content (AvgIpc) is 2.97. The number of hydrazone groups is 1. The summed E-state index contributed by atoms with van der Waals surface area (Å²) in [6.07, 6.45) is 1.10. The maximum atomic E-state index is 11.7. The molecule has 0 fully saturated rings. The Bertz CT molecular complexity index is 870. The molecule has 1 aromatic carbocycles. The maximum absolute atomic E-state index is 11.7. The molecule has 8 nitrogen and oxygen atoms in total. The number of amides is 1. The van der Waals surface area contributed by atoms with Crippen molar-refractivity contribution >= 4 is 22.2 Å². The first-order valence-corrected chi connectivity index (χ1v) is 8.29. The van der Waals surface area contributed by atoms with Gasteiger partial charge in [0.1, 0.15) is 11.5 Å². The van der Waals surface area contributed by atoms with Gasteiger partial charge in [-0.3, -0.25) is 9.35 Å². The third-order valence-electron chi connectivity index (χ3n) is 2.94. The molecule has 2 N–H and O–H groups in total. The Morgan fingerprint density at radius 3 is 2.75 bits per heavy atom. The van der Waals surface area contributed by atoms with Gasteiger partial charge in [0.25, 0.3) is 5.91 Å². The second-order valence-electron chi connectivity index (χ2n) is 4.98. The van der Waals surface area contributed by atoms with Crippen LogP contribution in [-0.2, 0) is 14.9 Å². The van der Waals surface area contributed by atoms with Crippen molar-refractivity contribution in [3.63, 3.8) is 0 Å². The summed E-state index contributed by atoms with van der Waals surface area (Å²) in [4.78, 5) is 11.7. The molecule has 0 radical (unpaired) electrons. The van der Waals surface area contributed by atoms with Crippen LogP contribution in [-0.4, -0.2) is 31.7 Å². The van der Waals surface area contributed by atoms with E-state index in [1.54, 1.807) is 0 Å². The molecule has 0 aliphatic rings. The van der Waals surface area contributed by atoms with Gasteiger partial charge in [0, 0.05) is 0 Å². The van der Waals surface area contributed by atoms with Crippen LogP contribution in [0.3, 0.4) is 0 Å². The van der Waals surface area contributed by atoms with Gasteiger partial charge < -0.3 is 9.15 Å². The number of ether oxygens (including phenoxy) is 1. The number of aryl methyl sites for hydroxylation is 2. The molecule has 9 heteroatoms. The summed E-state index contributed by atoms with van der Waals surface area (Å²) in [5.41, 5.74) is 4.14. The van der Waals surface area contributed by atoms with Gasteiger partial charge in [-0.15, -0.1) is 0 Å². The minimum Gasteiger partial charge on any atom is -0.483 e. The largest absolute Gasteiger partial charge is 0.483 e. The molecular weight excluding hydrogens is 336 g/mol. The fourth-order valence-electron chi connectivity index (χ4n) is 1.75. The van der Waals surface area contributed by atoms with Gasteiger partial charge in [0.15, 0.2) is 6.61 Å². The number of nitrogens with zero attached hydrogens (tertiary/aromatic N) is 1. The van der Waals surface area contributed by atoms with Crippen LogP contribution in [0.5, 0.6) is 5.75 Å². The van der Waals surface area contributed by atoms with Crippen molar-refractivity contribution in [3.05, 3.63) is 47.2 Å². The molecule has 24 heavy (non-hydrogen) atoms. The van der Waals surface area contributed by atoms with Gasteiger partial charge in [-0.1, -0.05) is 12.1 Å². The van der Waals surface area contributed by atoms with Crippen molar-refractivity contribution in [2.24, 2.45) is 5.10 Å². The number of rotatable bonds is 6. The van der Waals surface area contributed by atoms with Gasteiger partial charge in [-0.2, -0.15) is 13.5 Å². The normalized spacial score (nSPS) is 11.6. The Hall–Kier alpha value is -2.65. The first-order chi connectivity index (χ1) is 11.3. The monoisotopic (exact) mass is 352 g/mol. The van der Waals surface area contributed by atoms with E-state index in [1.807, 2.05) is 32.0 Å². The zero-order chi connectivity index (χ0) is 17.7. The predicted molar refractivity (Wildman–Crippen MR) is 85.7 cm³/mol. The molecule has 2 aromatic rings. The van der Waals surface area contributed by atoms with E-state index >= 15 is 0 Å². The fourth-order valence-corrected chi connectivity index (χ4v) is 2.19. The minimum absolute atomic E-state index is 0.0540. The summed E-state index contributed by atoms with van der Waals surface area (Å²) in [5.74, 6) is 0.171. The van der Waals surface area contributed by atoms with Gasteiger partial charge in [-0.25, -0.2) is 5.43 Å². The Kier molecular flexibility index (Phi) is 5.37. The second kappa shape index (κ2) is 7.28. The van der Waals surface area contributed by atoms with Gasteiger partial charge in [0.2, 0.25) is 5.09 Å². The first kappa shape index (κ1) is 17.7. The zero-order valence-electron chi connectivity index (χ0n) is 13.0. The number of hydrogen-bond acceptors (Lipinski definition) is 6. The van der Waals surface area contributed by atoms with E-state index in [0.717, 1.165) is 23.4 Å². The lowest BCUT2D eigenvalue weighted by atomic mass is 10.1. The second-order valence-corrected chi connectivity index (χ2v) is 6.34. The van der Waals surface area contributed by atoms with Crippen molar-refractivity contribution in [1.29, 1.82) is 0 Å². The molecule has 0 atom stereocenters. The highest BCUT2D eigenvalue weighted by atomic mass is 32.2. The Morgan fingerprint density at radius 2 is 2.08 bits per heavy atom. The molecule has 0 aliphatic carbocycles. The molecular formula is C15H16N2O6S. The molecule has 0 spiro atoms. The number of hydrogen-bond donors (Lipinski definition) is 2. The molecule has 0 aliphatic heterocycles. The highest BCUT2D eigenvalue weighted by Gasteiger charge is 2.14. The van der Waals surface area contributed by atoms with Crippen molar-refractivity contribution in [2.45, 2.75) is 18.9 Å². The van der Waals surface area contributed by atoms with Crippen LogP contribution in [0, 0.1) is 13.8 Å². The van der Waals surface area contributed by atoms with Crippen LogP contribution in [0.15, 0.2) is 44.9 Å². The topological polar surface area (TPSA) is 118 Å². The van der Waals surface area contributed by atoms with E-state index in [0.29, 0.717) is 5.75 Å². The molecule has 0 unspecified atom stereocenters. The van der Waals surface area contributed by atoms with Crippen molar-refractivity contribution in [2.75, 3.05) is 6.61 Å². The quantitative estimate of drug-likeness (QED) is 0.464. The van der Waals surface area contributed by atoms with E-state index < -0.39 is 21.1 Å². The number of furan rings is 1. The number of carbonyl (C=O) groups excluding carboxylic acids is 1. The lowest BCUT2D eigenvalue weighted by molar-refractivity contribution is -0.123. The Balaban J connectivity index is 1.87. The smallest absolute Gasteiger partial charge is 0.328 e. The van der Waals surface area contributed by atoms with Gasteiger partial charge >= 0.3 is 10.1 Å². The summed E-state index contributed by atoms with van der Waals surface area (Å²) in [7, 11) is -4.41. The van der Waals surface area contributed by atoms with E-state index in [1.165, 1.54) is 6.07 Å². The number of benzene rings is 1. The number of carbonyl (C=O) groups is 1. The molecule has 1 heterocycles. The van der Waals surface area contributed by atoms with Crippen LogP contribution in [0.2, 0.25) is 0 Å². The maximum Gasteiger partial charge on any atom is 0.328 e. The summed E-state index contributed by atoms with van der Waals surface area (Å²) in [6, 6.07) is 8.01. The van der Waals surface area contributed by atoms with E-state index in [-0.39, 0.29) is 12.4 Å². The molecule has 1 amide bonds. The first-order valence-electron chi connectivity index (χ1n) is 6.85. The van der Waals surface area contributed by atoms with E-state index in [9.17, 15) is 13.2 Å². The molecule has 0 bridgehead atoms. The van der Waals surface area contributed by atoms with Gasteiger partial charge in [0.05, 0.1) is 6.21 Å². The van der Waals surface area contributed by atoms with E-state index in [4.69, 9.17) is 13.7 Å². The van der Waals surface area contributed by atoms with Crippen molar-refractivity contribution < 1.29 is 26.9 Å². The molecule has 0 saturated heterocycles. The third kappa shape index (κ3) is 4.93. The van der Waals surface area contributed by atoms with Crippen LogP contribution in [0.4, 0.5) is 0 Å². The minimum atomic E-state index is -4.41. The lowest BCUT2D eigenvalue weighted by Crippen LogP contribution is -2.24. The SMILES string of the molecule is Cc1ccc(C)c(OCC(=O)N/N=C\c2ccc(S(=O)(=O)O)o2)c1. The third-order valence-corrected chi connectivity index (χ3v) is 3.67. The summed E-state index contributed by atoms with van der Waals surface area (Å²) in [6.45, 7) is 3.56. The summed E-state index contributed by atoms with van der Waals surface area (Å²) in [5, 5.41) is 3.01. The number of nitrogens with one attached hydrogen (secondary N) is 1. The van der Waals surface area contributed by atoms with Crippen LogP contribution in [0.1, 0.15) is 16.9 Å². The Morgan fingerprint density at radius 1 is 1.33 bits per heavy atom. The van der Waals surface area contributed by atoms with Crippen molar-refractivity contribution in [1.82, 2.24) is 5.43 Å². The van der Waals surface area contributed by atoms with Crippen LogP contribution < -0.4 is 10.2 Å². The average molecular weight is 352 g/mol. The molecule has 0 saturated carbocycles. The molecule has 2 rings (SSSR count). The van der Waals surface area contributed by atoms with Crippen LogP contribution >= 0.6 is 0 Å². The van der Waals surface area contributed by atoms with E-state index in [2.05, 4.69) is 10.5 Å². The predicted octanol–water partition coefficient (Wildman–Crippen LogP) is 1.67. The highest BCUT2D eigenvalue weighted by molar-refractivity contribution is 7.85. The van der Waals surface area contributed by atoms with Gasteiger partial charge in [-0.05, 0) is 43.2 Å². The standard InChI is InChI=1S/C15H16N2O6S/c1-10-3-4-11(2)13(7-10)22-9-14(18)17-16-8-12-5-6-15(23-12)24(19,20)21/h3-8H,9H2,1-2H3,(H,17,18)(H,19,20,21)/b16-8-.